The summed E-state index contributed by atoms with van der Waals surface area (Å²) in [6, 6.07) is 0.252. The second-order valence-electron chi connectivity index (χ2n) is 4.72. The molecule has 0 aromatic carbocycles. The fourth-order valence-corrected chi connectivity index (χ4v) is 1.40. The van der Waals surface area contributed by atoms with Gasteiger partial charge in [-0.05, 0) is 25.2 Å². The molecule has 0 aromatic heterocycles. The van der Waals surface area contributed by atoms with Crippen LogP contribution in [-0.4, -0.2) is 18.7 Å². The Morgan fingerprint density at radius 3 is 2.31 bits per heavy atom. The third-order valence-corrected chi connectivity index (χ3v) is 2.30. The molecule has 96 valence electrons. The lowest BCUT2D eigenvalue weighted by Gasteiger charge is -2.14. The molecule has 0 radical (unpaired) electrons. The van der Waals surface area contributed by atoms with E-state index >= 15 is 0 Å². The van der Waals surface area contributed by atoms with Crippen molar-refractivity contribution >= 4 is 6.09 Å². The molecule has 3 heteroatoms. The number of nitrogens with one attached hydrogen (secondary N) is 1. The maximum atomic E-state index is 11.2. The zero-order valence-electron chi connectivity index (χ0n) is 11.4. The van der Waals surface area contributed by atoms with Crippen LogP contribution in [0.5, 0.6) is 0 Å². The Hall–Kier alpha value is -0.730. The minimum atomic E-state index is -0.271. The van der Waals surface area contributed by atoms with Crippen molar-refractivity contribution < 1.29 is 9.53 Å². The highest BCUT2D eigenvalue weighted by atomic mass is 16.5. The molecule has 16 heavy (non-hydrogen) atoms. The number of hydrogen-bond donors (Lipinski definition) is 1. The van der Waals surface area contributed by atoms with Crippen molar-refractivity contribution in [1.82, 2.24) is 5.32 Å². The van der Waals surface area contributed by atoms with Gasteiger partial charge in [0.25, 0.3) is 0 Å². The Balaban J connectivity index is 0.00000106. The quantitative estimate of drug-likeness (QED) is 0.782. The van der Waals surface area contributed by atoms with Gasteiger partial charge in [0.2, 0.25) is 0 Å². The SMILES string of the molecule is CC.CC(C)COC(=O)NC(C)CC1CC1. The number of alkyl carbamates (subject to hydrolysis) is 1. The number of ether oxygens (including phenoxy) is 1. The van der Waals surface area contributed by atoms with Crippen LogP contribution in [0.15, 0.2) is 0 Å². The van der Waals surface area contributed by atoms with Crippen LogP contribution in [0, 0.1) is 11.8 Å². The van der Waals surface area contributed by atoms with Gasteiger partial charge in [0, 0.05) is 6.04 Å². The molecule has 1 atom stereocenters. The van der Waals surface area contributed by atoms with Crippen molar-refractivity contribution in [1.29, 1.82) is 0 Å². The van der Waals surface area contributed by atoms with Crippen molar-refractivity contribution in [3.8, 4) is 0 Å². The van der Waals surface area contributed by atoms with Crippen LogP contribution < -0.4 is 5.32 Å². The van der Waals surface area contributed by atoms with E-state index in [4.69, 9.17) is 4.74 Å². The monoisotopic (exact) mass is 229 g/mol. The Morgan fingerprint density at radius 2 is 1.88 bits per heavy atom. The molecule has 1 rings (SSSR count). The van der Waals surface area contributed by atoms with Gasteiger partial charge in [-0.25, -0.2) is 4.79 Å². The number of carbonyl (C=O) groups excluding carboxylic acids is 1. The standard InChI is InChI=1S/C11H21NO2.C2H6/c1-8(2)7-14-11(13)12-9(3)6-10-4-5-10;1-2/h8-10H,4-7H2,1-3H3,(H,12,13);1-2H3. The summed E-state index contributed by atoms with van der Waals surface area (Å²) in [7, 11) is 0. The van der Waals surface area contributed by atoms with Crippen molar-refractivity contribution in [2.24, 2.45) is 11.8 Å². The Bertz CT molecular complexity index is 188. The predicted octanol–water partition coefficient (Wildman–Crippen LogP) is 3.58. The second-order valence-corrected chi connectivity index (χ2v) is 4.72. The van der Waals surface area contributed by atoms with E-state index in [1.165, 1.54) is 12.8 Å². The van der Waals surface area contributed by atoms with Gasteiger partial charge in [0.15, 0.2) is 0 Å². The fraction of sp³-hybridized carbons (Fsp3) is 0.923. The van der Waals surface area contributed by atoms with Crippen LogP contribution in [0.25, 0.3) is 0 Å². The molecule has 1 N–H and O–H groups in total. The van der Waals surface area contributed by atoms with Crippen molar-refractivity contribution in [2.75, 3.05) is 6.61 Å². The molecular formula is C13H27NO2. The molecule has 1 aliphatic rings. The van der Waals surface area contributed by atoms with Crippen molar-refractivity contribution in [3.63, 3.8) is 0 Å². The van der Waals surface area contributed by atoms with Crippen molar-refractivity contribution in [2.45, 2.75) is 59.9 Å². The molecule has 0 bridgehead atoms. The van der Waals surface area contributed by atoms with Crippen LogP contribution in [0.1, 0.15) is 53.9 Å². The van der Waals surface area contributed by atoms with E-state index in [1.54, 1.807) is 0 Å². The van der Waals surface area contributed by atoms with Crippen LogP contribution in [-0.2, 0) is 4.74 Å². The number of carbonyl (C=O) groups is 1. The van der Waals surface area contributed by atoms with E-state index in [0.717, 1.165) is 12.3 Å². The summed E-state index contributed by atoms with van der Waals surface area (Å²) < 4.78 is 5.03. The minimum absolute atomic E-state index is 0.252. The first kappa shape index (κ1) is 15.3. The van der Waals surface area contributed by atoms with Gasteiger partial charge in [-0.2, -0.15) is 0 Å². The summed E-state index contributed by atoms with van der Waals surface area (Å²) in [6.07, 6.45) is 3.48. The molecule has 1 amide bonds. The van der Waals surface area contributed by atoms with Gasteiger partial charge in [-0.15, -0.1) is 0 Å². The average Bonchev–Trinajstić information content (AvgIpc) is 3.01. The predicted molar refractivity (Wildman–Crippen MR) is 67.5 cm³/mol. The van der Waals surface area contributed by atoms with E-state index in [9.17, 15) is 4.79 Å². The molecular weight excluding hydrogens is 202 g/mol. The first-order valence-corrected chi connectivity index (χ1v) is 6.51. The molecule has 0 heterocycles. The average molecular weight is 229 g/mol. The van der Waals surface area contributed by atoms with E-state index in [1.807, 2.05) is 34.6 Å². The summed E-state index contributed by atoms with van der Waals surface area (Å²) in [5, 5.41) is 2.85. The van der Waals surface area contributed by atoms with Crippen LogP contribution in [0.2, 0.25) is 0 Å². The maximum Gasteiger partial charge on any atom is 0.407 e. The largest absolute Gasteiger partial charge is 0.449 e. The zero-order chi connectivity index (χ0) is 12.6. The van der Waals surface area contributed by atoms with Gasteiger partial charge in [-0.3, -0.25) is 0 Å². The fourth-order valence-electron chi connectivity index (χ4n) is 1.40. The lowest BCUT2D eigenvalue weighted by molar-refractivity contribution is 0.129. The summed E-state index contributed by atoms with van der Waals surface area (Å²) in [5.41, 5.74) is 0. The summed E-state index contributed by atoms with van der Waals surface area (Å²) in [5.74, 6) is 1.25. The third-order valence-electron chi connectivity index (χ3n) is 2.30. The molecule has 1 aliphatic carbocycles. The molecule has 0 saturated heterocycles. The van der Waals surface area contributed by atoms with Gasteiger partial charge in [-0.1, -0.05) is 40.5 Å². The minimum Gasteiger partial charge on any atom is -0.449 e. The second kappa shape index (κ2) is 8.43. The van der Waals surface area contributed by atoms with Gasteiger partial charge in [0.05, 0.1) is 6.61 Å². The van der Waals surface area contributed by atoms with Crippen LogP contribution in [0.3, 0.4) is 0 Å². The lowest BCUT2D eigenvalue weighted by Crippen LogP contribution is -2.34. The highest BCUT2D eigenvalue weighted by Crippen LogP contribution is 2.33. The van der Waals surface area contributed by atoms with Crippen molar-refractivity contribution in [3.05, 3.63) is 0 Å². The van der Waals surface area contributed by atoms with E-state index in [0.29, 0.717) is 12.5 Å². The van der Waals surface area contributed by atoms with Crippen LogP contribution >= 0.6 is 0 Å². The normalized spacial score (nSPS) is 16.1. The molecule has 0 aliphatic heterocycles. The molecule has 1 saturated carbocycles. The Morgan fingerprint density at radius 1 is 1.31 bits per heavy atom. The maximum absolute atomic E-state index is 11.2. The lowest BCUT2D eigenvalue weighted by atomic mass is 10.2. The highest BCUT2D eigenvalue weighted by Gasteiger charge is 2.24. The molecule has 1 unspecified atom stereocenters. The van der Waals surface area contributed by atoms with Gasteiger partial charge < -0.3 is 10.1 Å². The molecule has 3 nitrogen and oxygen atoms in total. The number of rotatable bonds is 5. The zero-order valence-corrected chi connectivity index (χ0v) is 11.4. The van der Waals surface area contributed by atoms with Gasteiger partial charge in [0.1, 0.15) is 0 Å². The summed E-state index contributed by atoms with van der Waals surface area (Å²) >= 11 is 0. The molecule has 1 fully saturated rings. The smallest absolute Gasteiger partial charge is 0.407 e. The van der Waals surface area contributed by atoms with Gasteiger partial charge >= 0.3 is 6.09 Å². The topological polar surface area (TPSA) is 38.3 Å². The number of hydrogen-bond acceptors (Lipinski definition) is 2. The molecule has 0 spiro atoms. The van der Waals surface area contributed by atoms with E-state index < -0.39 is 0 Å². The summed E-state index contributed by atoms with van der Waals surface area (Å²) in [6.45, 7) is 10.6. The van der Waals surface area contributed by atoms with E-state index in [2.05, 4.69) is 5.32 Å². The van der Waals surface area contributed by atoms with Crippen LogP contribution in [0.4, 0.5) is 4.79 Å². The highest BCUT2D eigenvalue weighted by molar-refractivity contribution is 5.67. The summed E-state index contributed by atoms with van der Waals surface area (Å²) in [4.78, 5) is 11.2. The first-order chi connectivity index (χ1) is 7.58. The van der Waals surface area contributed by atoms with E-state index in [-0.39, 0.29) is 12.1 Å². The first-order valence-electron chi connectivity index (χ1n) is 6.51. The number of amides is 1. The molecule has 0 aromatic rings. The Labute approximate surface area is 99.9 Å². The third kappa shape index (κ3) is 8.57. The Kier molecular flexibility index (Phi) is 8.04.